The summed E-state index contributed by atoms with van der Waals surface area (Å²) >= 11 is 11.7. The molecule has 0 spiro atoms. The summed E-state index contributed by atoms with van der Waals surface area (Å²) in [5.74, 6) is -0.861. The molecule has 0 saturated heterocycles. The first-order valence-electron chi connectivity index (χ1n) is 4.17. The Balaban J connectivity index is 2.46. The van der Waals surface area contributed by atoms with Gasteiger partial charge in [-0.1, -0.05) is 28.4 Å². The van der Waals surface area contributed by atoms with Gasteiger partial charge in [0.15, 0.2) is 0 Å². The van der Waals surface area contributed by atoms with Crippen LogP contribution in [0.15, 0.2) is 22.7 Å². The number of halogens is 2. The molecule has 2 aromatic rings. The normalized spacial score (nSPS) is 10.4. The van der Waals surface area contributed by atoms with Gasteiger partial charge in [-0.15, -0.1) is 0 Å². The molecule has 16 heavy (non-hydrogen) atoms. The lowest BCUT2D eigenvalue weighted by Crippen LogP contribution is -2.10. The summed E-state index contributed by atoms with van der Waals surface area (Å²) in [5.41, 5.74) is 5.49. The number of hydrogen-bond acceptors (Lipinski definition) is 4. The van der Waals surface area contributed by atoms with Gasteiger partial charge >= 0.3 is 11.8 Å². The number of nitrogens with zero attached hydrogens (tertiary/aromatic N) is 2. The van der Waals surface area contributed by atoms with Crippen molar-refractivity contribution in [3.05, 3.63) is 34.1 Å². The minimum atomic E-state index is -0.788. The van der Waals surface area contributed by atoms with Crippen molar-refractivity contribution in [2.45, 2.75) is 0 Å². The number of amides is 1. The van der Waals surface area contributed by atoms with E-state index in [2.05, 4.69) is 14.7 Å². The summed E-state index contributed by atoms with van der Waals surface area (Å²) in [6.07, 6.45) is 0. The number of rotatable bonds is 2. The molecule has 1 heterocycles. The van der Waals surface area contributed by atoms with E-state index >= 15 is 0 Å². The van der Waals surface area contributed by atoms with E-state index in [1.54, 1.807) is 18.2 Å². The first-order chi connectivity index (χ1) is 7.58. The van der Waals surface area contributed by atoms with Crippen LogP contribution in [0.1, 0.15) is 10.7 Å². The molecule has 1 aromatic heterocycles. The first kappa shape index (κ1) is 10.9. The molecule has 0 fully saturated rings. The molecule has 0 unspecified atom stereocenters. The number of carbonyl (C=O) groups is 1. The van der Waals surface area contributed by atoms with E-state index in [4.69, 9.17) is 28.9 Å². The van der Waals surface area contributed by atoms with Crippen molar-refractivity contribution >= 4 is 29.1 Å². The molecule has 0 radical (unpaired) electrons. The molecule has 0 aliphatic rings. The largest absolute Gasteiger partial charge is 0.361 e. The summed E-state index contributed by atoms with van der Waals surface area (Å²) < 4.78 is 4.64. The van der Waals surface area contributed by atoms with Crippen molar-refractivity contribution in [1.82, 2.24) is 10.1 Å². The zero-order valence-corrected chi connectivity index (χ0v) is 9.29. The van der Waals surface area contributed by atoms with Crippen LogP contribution in [0.3, 0.4) is 0 Å². The maximum atomic E-state index is 10.8. The average molecular weight is 258 g/mol. The monoisotopic (exact) mass is 257 g/mol. The van der Waals surface area contributed by atoms with E-state index in [0.717, 1.165) is 0 Å². The molecule has 1 amide bonds. The molecule has 0 aliphatic heterocycles. The Morgan fingerprint density at radius 2 is 2.12 bits per heavy atom. The maximum absolute atomic E-state index is 10.8. The second-order valence-corrected chi connectivity index (χ2v) is 3.76. The van der Waals surface area contributed by atoms with Crippen molar-refractivity contribution in [2.24, 2.45) is 5.73 Å². The van der Waals surface area contributed by atoms with Crippen molar-refractivity contribution < 1.29 is 9.32 Å². The summed E-state index contributed by atoms with van der Waals surface area (Å²) in [6.45, 7) is 0. The van der Waals surface area contributed by atoms with E-state index in [-0.39, 0.29) is 11.7 Å². The predicted octanol–water partition coefficient (Wildman–Crippen LogP) is 2.14. The zero-order valence-electron chi connectivity index (χ0n) is 7.78. The summed E-state index contributed by atoms with van der Waals surface area (Å²) in [4.78, 5) is 14.5. The standard InChI is InChI=1S/C9H5Cl2N3O2/c10-4-1-2-5(6(11)3-4)8-13-9(7(12)15)16-14-8/h1-3H,(H2,12,15). The van der Waals surface area contributed by atoms with Crippen LogP contribution in [0.4, 0.5) is 0 Å². The minimum Gasteiger partial charge on any atom is -0.361 e. The van der Waals surface area contributed by atoms with Crippen LogP contribution in [0.25, 0.3) is 11.4 Å². The van der Waals surface area contributed by atoms with Crippen molar-refractivity contribution in [3.8, 4) is 11.4 Å². The van der Waals surface area contributed by atoms with Gasteiger partial charge in [-0.05, 0) is 18.2 Å². The van der Waals surface area contributed by atoms with Crippen LogP contribution in [0, 0.1) is 0 Å². The van der Waals surface area contributed by atoms with Crippen LogP contribution >= 0.6 is 23.2 Å². The van der Waals surface area contributed by atoms with E-state index in [1.807, 2.05) is 0 Å². The number of benzene rings is 1. The molecule has 7 heteroatoms. The highest BCUT2D eigenvalue weighted by molar-refractivity contribution is 6.36. The Morgan fingerprint density at radius 3 is 2.69 bits per heavy atom. The third kappa shape index (κ3) is 2.00. The second-order valence-electron chi connectivity index (χ2n) is 2.91. The smallest absolute Gasteiger partial charge is 0.316 e. The number of aromatic nitrogens is 2. The lowest BCUT2D eigenvalue weighted by Gasteiger charge is -1.98. The number of nitrogens with two attached hydrogens (primary N) is 1. The van der Waals surface area contributed by atoms with Gasteiger partial charge in [0.05, 0.1) is 5.02 Å². The third-order valence-corrected chi connectivity index (χ3v) is 2.36. The number of carbonyl (C=O) groups excluding carboxylic acids is 1. The van der Waals surface area contributed by atoms with Gasteiger partial charge in [0.25, 0.3) is 0 Å². The third-order valence-electron chi connectivity index (χ3n) is 1.81. The van der Waals surface area contributed by atoms with E-state index < -0.39 is 5.91 Å². The Kier molecular flexibility index (Phi) is 2.80. The van der Waals surface area contributed by atoms with Crippen LogP contribution < -0.4 is 5.73 Å². The Hall–Kier alpha value is -1.59. The molecule has 0 aliphatic carbocycles. The highest BCUT2D eigenvalue weighted by Gasteiger charge is 2.14. The van der Waals surface area contributed by atoms with E-state index in [9.17, 15) is 4.79 Å². The van der Waals surface area contributed by atoms with Crippen LogP contribution in [-0.4, -0.2) is 16.0 Å². The minimum absolute atomic E-state index is 0.190. The van der Waals surface area contributed by atoms with E-state index in [1.165, 1.54) is 0 Å². The molecule has 0 saturated carbocycles. The van der Waals surface area contributed by atoms with Gasteiger partial charge in [0.2, 0.25) is 5.82 Å². The SMILES string of the molecule is NC(=O)c1nc(-c2ccc(Cl)cc2Cl)no1. The highest BCUT2D eigenvalue weighted by atomic mass is 35.5. The average Bonchev–Trinajstić information content (AvgIpc) is 2.66. The molecule has 2 N–H and O–H groups in total. The van der Waals surface area contributed by atoms with Gasteiger partial charge in [0.1, 0.15) is 0 Å². The Morgan fingerprint density at radius 1 is 1.38 bits per heavy atom. The first-order valence-corrected chi connectivity index (χ1v) is 4.92. The number of hydrogen-bond donors (Lipinski definition) is 1. The lowest BCUT2D eigenvalue weighted by atomic mass is 10.2. The Labute approximate surface area is 100 Å². The van der Waals surface area contributed by atoms with Crippen molar-refractivity contribution in [2.75, 3.05) is 0 Å². The van der Waals surface area contributed by atoms with Gasteiger partial charge in [-0.25, -0.2) is 0 Å². The fraction of sp³-hybridized carbons (Fsp3) is 0. The molecule has 5 nitrogen and oxygen atoms in total. The van der Waals surface area contributed by atoms with Gasteiger partial charge in [-0.3, -0.25) is 4.79 Å². The molecule has 82 valence electrons. The Bertz CT molecular complexity index is 553. The second kappa shape index (κ2) is 4.11. The van der Waals surface area contributed by atoms with Crippen LogP contribution in [0.5, 0.6) is 0 Å². The molecule has 0 atom stereocenters. The fourth-order valence-corrected chi connectivity index (χ4v) is 1.60. The summed E-state index contributed by atoms with van der Waals surface area (Å²) in [5, 5.41) is 4.44. The molecule has 2 rings (SSSR count). The summed E-state index contributed by atoms with van der Waals surface area (Å²) in [7, 11) is 0. The topological polar surface area (TPSA) is 82.0 Å². The highest BCUT2D eigenvalue weighted by Crippen LogP contribution is 2.28. The van der Waals surface area contributed by atoms with Gasteiger partial charge < -0.3 is 10.3 Å². The lowest BCUT2D eigenvalue weighted by molar-refractivity contribution is 0.0958. The number of primary amides is 1. The van der Waals surface area contributed by atoms with E-state index in [0.29, 0.717) is 15.6 Å². The van der Waals surface area contributed by atoms with Crippen molar-refractivity contribution in [3.63, 3.8) is 0 Å². The van der Waals surface area contributed by atoms with Gasteiger partial charge in [-0.2, -0.15) is 4.98 Å². The molecule has 0 bridgehead atoms. The summed E-state index contributed by atoms with van der Waals surface area (Å²) in [6, 6.07) is 4.79. The van der Waals surface area contributed by atoms with Crippen LogP contribution in [-0.2, 0) is 0 Å². The molecule has 1 aromatic carbocycles. The molecular weight excluding hydrogens is 253 g/mol. The molecular formula is C9H5Cl2N3O2. The maximum Gasteiger partial charge on any atom is 0.316 e. The fourth-order valence-electron chi connectivity index (χ4n) is 1.10. The predicted molar refractivity (Wildman–Crippen MR) is 58.3 cm³/mol. The quantitative estimate of drug-likeness (QED) is 0.894. The van der Waals surface area contributed by atoms with Crippen LogP contribution in [0.2, 0.25) is 10.0 Å². The zero-order chi connectivity index (χ0) is 11.7. The van der Waals surface area contributed by atoms with Gasteiger partial charge in [0, 0.05) is 10.6 Å². The van der Waals surface area contributed by atoms with Crippen molar-refractivity contribution in [1.29, 1.82) is 0 Å².